The van der Waals surface area contributed by atoms with Crippen LogP contribution in [0.1, 0.15) is 25.7 Å². The average Bonchev–Trinajstić information content (AvgIpc) is 4.22. The number of pyridine rings is 2. The number of hydrogen-bond donors (Lipinski definition) is 0. The number of rotatable bonds is 11. The molecular formula is C56H46N8O2. The van der Waals surface area contributed by atoms with Gasteiger partial charge in [-0.25, -0.2) is 0 Å². The Morgan fingerprint density at radius 1 is 0.394 bits per heavy atom. The van der Waals surface area contributed by atoms with E-state index in [0.29, 0.717) is 34.4 Å². The van der Waals surface area contributed by atoms with E-state index in [2.05, 4.69) is 160 Å². The molecule has 2 saturated heterocycles. The molecule has 2 aliphatic rings. The number of aromatic nitrogens is 6. The molecule has 0 N–H and O–H groups in total. The van der Waals surface area contributed by atoms with Gasteiger partial charge in [0, 0.05) is 62.1 Å². The predicted molar refractivity (Wildman–Crippen MR) is 258 cm³/mol. The minimum absolute atomic E-state index is 0.642. The van der Waals surface area contributed by atoms with Gasteiger partial charge in [-0.15, -0.1) is 0 Å². The van der Waals surface area contributed by atoms with Crippen molar-refractivity contribution >= 4 is 33.4 Å². The number of para-hydroxylation sites is 4. The quantitative estimate of drug-likeness (QED) is 0.0953. The van der Waals surface area contributed by atoms with Crippen LogP contribution >= 0.6 is 0 Å². The van der Waals surface area contributed by atoms with Crippen LogP contribution in [0.4, 0.5) is 11.4 Å². The van der Waals surface area contributed by atoms with Crippen LogP contribution < -0.4 is 28.4 Å². The largest absolute Gasteiger partial charge is 0.458 e. The Hall–Kier alpha value is -8.24. The highest BCUT2D eigenvalue weighted by Gasteiger charge is 2.19. The van der Waals surface area contributed by atoms with Crippen molar-refractivity contribution in [1.82, 2.24) is 19.1 Å². The third-order valence-electron chi connectivity index (χ3n) is 12.6. The summed E-state index contributed by atoms with van der Waals surface area (Å²) in [5.74, 6) is 2.67. The van der Waals surface area contributed by atoms with Crippen LogP contribution in [0.3, 0.4) is 0 Å². The second-order valence-electron chi connectivity index (χ2n) is 16.9. The van der Waals surface area contributed by atoms with Crippen LogP contribution in [-0.2, 0) is 0 Å². The number of fused-ring (bicyclic) bond motifs is 2. The van der Waals surface area contributed by atoms with Crippen molar-refractivity contribution in [2.24, 2.45) is 0 Å². The van der Waals surface area contributed by atoms with E-state index in [4.69, 9.17) is 9.47 Å². The molecule has 0 aliphatic carbocycles. The van der Waals surface area contributed by atoms with E-state index >= 15 is 0 Å². The van der Waals surface area contributed by atoms with E-state index in [1.165, 1.54) is 37.1 Å². The monoisotopic (exact) mass is 862 g/mol. The maximum absolute atomic E-state index is 6.50. The number of nitrogens with zero attached hydrogens (tertiary/aromatic N) is 8. The molecular weight excluding hydrogens is 817 g/mol. The first-order chi connectivity index (χ1) is 32.7. The van der Waals surface area contributed by atoms with Crippen LogP contribution in [0.5, 0.6) is 23.0 Å². The van der Waals surface area contributed by atoms with Gasteiger partial charge in [-0.1, -0.05) is 72.8 Å². The summed E-state index contributed by atoms with van der Waals surface area (Å²) in [6, 6.07) is 58.0. The highest BCUT2D eigenvalue weighted by Crippen LogP contribution is 2.31. The van der Waals surface area contributed by atoms with Gasteiger partial charge >= 0.3 is 0 Å². The Bertz CT molecular complexity index is 3160. The third-order valence-corrected chi connectivity index (χ3v) is 12.6. The van der Waals surface area contributed by atoms with Crippen molar-refractivity contribution in [2.45, 2.75) is 25.7 Å². The lowest BCUT2D eigenvalue weighted by Crippen LogP contribution is -2.29. The molecule has 0 bridgehead atoms. The summed E-state index contributed by atoms with van der Waals surface area (Å²) < 4.78 is 21.5. The zero-order chi connectivity index (χ0) is 43.8. The maximum Gasteiger partial charge on any atom is 0.269 e. The lowest BCUT2D eigenvalue weighted by molar-refractivity contribution is -0.572. The maximum atomic E-state index is 6.50. The fraction of sp³-hybridized carbons (Fsp3) is 0.143. The fourth-order valence-electron chi connectivity index (χ4n) is 9.37. The molecule has 66 heavy (non-hydrogen) atoms. The molecule has 10 heteroatoms. The molecule has 10 aromatic rings. The van der Waals surface area contributed by atoms with Gasteiger partial charge in [0.2, 0.25) is 0 Å². The molecule has 2 fully saturated rings. The van der Waals surface area contributed by atoms with Crippen molar-refractivity contribution < 1.29 is 18.6 Å². The Labute approximate surface area is 383 Å². The van der Waals surface area contributed by atoms with Gasteiger partial charge in [-0.3, -0.25) is 28.2 Å². The van der Waals surface area contributed by atoms with Crippen LogP contribution in [0.2, 0.25) is 0 Å². The number of imidazole rings is 2. The molecule has 0 radical (unpaired) electrons. The van der Waals surface area contributed by atoms with Gasteiger partial charge in [-0.05, 0) is 111 Å². The van der Waals surface area contributed by atoms with E-state index in [0.717, 1.165) is 71.0 Å². The van der Waals surface area contributed by atoms with E-state index in [9.17, 15) is 0 Å². The van der Waals surface area contributed by atoms with Gasteiger partial charge in [0.05, 0.1) is 56.2 Å². The minimum Gasteiger partial charge on any atom is -0.458 e. The van der Waals surface area contributed by atoms with E-state index < -0.39 is 0 Å². The van der Waals surface area contributed by atoms with Crippen LogP contribution in [0.25, 0.3) is 56.2 Å². The second-order valence-corrected chi connectivity index (χ2v) is 16.9. The zero-order valence-electron chi connectivity index (χ0n) is 36.4. The number of benzene rings is 6. The summed E-state index contributed by atoms with van der Waals surface area (Å²) in [4.78, 5) is 14.3. The summed E-state index contributed by atoms with van der Waals surface area (Å²) in [6.07, 6.45) is 15.7. The lowest BCUT2D eigenvalue weighted by Gasteiger charge is -2.18. The van der Waals surface area contributed by atoms with Gasteiger partial charge in [-0.2, -0.15) is 0 Å². The highest BCUT2D eigenvalue weighted by atomic mass is 16.5. The molecule has 4 aromatic heterocycles. The van der Waals surface area contributed by atoms with Gasteiger partial charge < -0.3 is 19.3 Å². The van der Waals surface area contributed by atoms with Gasteiger partial charge in [0.25, 0.3) is 12.7 Å². The number of hydrogen-bond acceptors (Lipinski definition) is 6. The highest BCUT2D eigenvalue weighted by molar-refractivity contribution is 5.76. The predicted octanol–water partition coefficient (Wildman–Crippen LogP) is 11.0. The van der Waals surface area contributed by atoms with Gasteiger partial charge in [0.1, 0.15) is 23.0 Å². The van der Waals surface area contributed by atoms with E-state index in [1.54, 1.807) is 12.4 Å². The summed E-state index contributed by atoms with van der Waals surface area (Å²) in [6.45, 7) is 4.39. The van der Waals surface area contributed by atoms with Crippen LogP contribution in [-0.4, -0.2) is 45.3 Å². The molecule has 6 heterocycles. The summed E-state index contributed by atoms with van der Waals surface area (Å²) in [5.41, 5.74) is 12.1. The molecule has 0 saturated carbocycles. The number of ether oxygens (including phenoxy) is 2. The smallest absolute Gasteiger partial charge is 0.269 e. The van der Waals surface area contributed by atoms with Crippen molar-refractivity contribution in [3.05, 3.63) is 195 Å². The molecule has 0 atom stereocenters. The average molecular weight is 863 g/mol. The van der Waals surface area contributed by atoms with Crippen molar-refractivity contribution in [1.29, 1.82) is 0 Å². The van der Waals surface area contributed by atoms with Crippen molar-refractivity contribution in [3.8, 4) is 57.1 Å². The minimum atomic E-state index is 0.642. The molecule has 10 nitrogen and oxygen atoms in total. The van der Waals surface area contributed by atoms with Gasteiger partial charge in [0.15, 0.2) is 0 Å². The molecule has 2 aliphatic heterocycles. The van der Waals surface area contributed by atoms with E-state index in [-0.39, 0.29) is 0 Å². The lowest BCUT2D eigenvalue weighted by atomic mass is 10.2. The standard InChI is InChI=1S/C56H46N8O2/c1-3-23-55-53(21-1)61(43-15-9-13-41(33-43)59-29-5-6-30-59)39-63(55)45-17-11-19-47(35-45)65-49-25-27-57-51(37-49)52-38-50(26-28-58-52)66-48-20-12-18-46(36-48)64-40-62(54-22-2-4-24-56(54)64)44-16-10-14-42(34-44)60-31-7-8-32-60/h1-4,9-28,33-38H,5-8,29-32H2. The first kappa shape index (κ1) is 39.4. The SMILES string of the molecule is [c-]1n(-c2cccc(N3CCCC3)c2)c2ccccc2[n+]1-c1cccc(Oc2ccnc(-c3cc(Oc4cccc(-[n+]5[c-]n(-c6cccc(N7CCCC7)c6)c6ccccc65)c4)ccn3)c2)c1. The Morgan fingerprint density at radius 3 is 1.27 bits per heavy atom. The zero-order valence-corrected chi connectivity index (χ0v) is 36.4. The number of anilines is 2. The third kappa shape index (κ3) is 7.66. The van der Waals surface area contributed by atoms with Crippen molar-refractivity contribution in [2.75, 3.05) is 36.0 Å². The summed E-state index contributed by atoms with van der Waals surface area (Å²) in [5, 5.41) is 0. The Morgan fingerprint density at radius 2 is 0.803 bits per heavy atom. The first-order valence-electron chi connectivity index (χ1n) is 22.8. The first-order valence-corrected chi connectivity index (χ1v) is 22.8. The molecule has 12 rings (SSSR count). The molecule has 0 unspecified atom stereocenters. The van der Waals surface area contributed by atoms with Crippen LogP contribution in [0.15, 0.2) is 182 Å². The fourth-order valence-corrected chi connectivity index (χ4v) is 9.37. The molecule has 0 amide bonds. The second kappa shape index (κ2) is 17.0. The molecule has 6 aromatic carbocycles. The van der Waals surface area contributed by atoms with Crippen molar-refractivity contribution in [3.63, 3.8) is 0 Å². The van der Waals surface area contributed by atoms with E-state index in [1.807, 2.05) is 60.7 Å². The molecule has 0 spiro atoms. The Kier molecular flexibility index (Phi) is 10.2. The van der Waals surface area contributed by atoms with Crippen LogP contribution in [0, 0.1) is 12.7 Å². The summed E-state index contributed by atoms with van der Waals surface area (Å²) >= 11 is 0. The Balaban J connectivity index is 0.785. The molecule has 322 valence electrons. The topological polar surface area (TPSA) is 68.3 Å². The normalized spacial score (nSPS) is 13.8. The summed E-state index contributed by atoms with van der Waals surface area (Å²) in [7, 11) is 0.